The summed E-state index contributed by atoms with van der Waals surface area (Å²) in [7, 11) is 1.67. The van der Waals surface area contributed by atoms with Crippen LogP contribution in [-0.4, -0.2) is 7.11 Å². The predicted octanol–water partition coefficient (Wildman–Crippen LogP) is 6.56. The van der Waals surface area contributed by atoms with Gasteiger partial charge in [0.05, 0.1) is 7.11 Å². The summed E-state index contributed by atoms with van der Waals surface area (Å²) in [6.45, 7) is 3.46. The summed E-state index contributed by atoms with van der Waals surface area (Å²) < 4.78 is 11.5. The fraction of sp³-hybridized carbons (Fsp3) is 0.280. The Hall–Kier alpha value is -2.49. The molecule has 0 radical (unpaired) electrons. The van der Waals surface area contributed by atoms with Gasteiger partial charge in [-0.1, -0.05) is 73.5 Å². The van der Waals surface area contributed by atoms with Crippen LogP contribution >= 0.6 is 11.6 Å². The average Bonchev–Trinajstić information content (AvgIpc) is 2.77. The number of hydrogen-bond acceptors (Lipinski definition) is 3. The van der Waals surface area contributed by atoms with Crippen molar-refractivity contribution in [2.75, 3.05) is 7.11 Å². The van der Waals surface area contributed by atoms with Crippen molar-refractivity contribution in [1.82, 2.24) is 5.32 Å². The van der Waals surface area contributed by atoms with E-state index in [4.69, 9.17) is 21.1 Å². The van der Waals surface area contributed by atoms with E-state index in [-0.39, 0.29) is 0 Å². The van der Waals surface area contributed by atoms with Crippen LogP contribution in [0.4, 0.5) is 0 Å². The SMILES string of the molecule is CCCC(NCc1ccc(OCc2ccc(Cl)cc2)c(OC)c1)c1ccccc1. The van der Waals surface area contributed by atoms with E-state index in [1.165, 1.54) is 5.56 Å². The van der Waals surface area contributed by atoms with Gasteiger partial charge >= 0.3 is 0 Å². The lowest BCUT2D eigenvalue weighted by molar-refractivity contribution is 0.284. The van der Waals surface area contributed by atoms with Gasteiger partial charge in [0.2, 0.25) is 0 Å². The zero-order chi connectivity index (χ0) is 20.5. The molecule has 0 fully saturated rings. The molecule has 3 aromatic carbocycles. The molecule has 0 heterocycles. The highest BCUT2D eigenvalue weighted by atomic mass is 35.5. The van der Waals surface area contributed by atoms with Gasteiger partial charge in [-0.2, -0.15) is 0 Å². The maximum Gasteiger partial charge on any atom is 0.161 e. The largest absolute Gasteiger partial charge is 0.493 e. The minimum Gasteiger partial charge on any atom is -0.493 e. The third-order valence-corrected chi connectivity index (χ3v) is 5.12. The first-order valence-corrected chi connectivity index (χ1v) is 10.4. The highest BCUT2D eigenvalue weighted by molar-refractivity contribution is 6.30. The van der Waals surface area contributed by atoms with E-state index in [9.17, 15) is 0 Å². The van der Waals surface area contributed by atoms with E-state index >= 15 is 0 Å². The van der Waals surface area contributed by atoms with Crippen molar-refractivity contribution in [3.05, 3.63) is 94.5 Å². The summed E-state index contributed by atoms with van der Waals surface area (Å²) in [5, 5.41) is 4.40. The zero-order valence-corrected chi connectivity index (χ0v) is 17.8. The monoisotopic (exact) mass is 409 g/mol. The molecule has 0 spiro atoms. The lowest BCUT2D eigenvalue weighted by Crippen LogP contribution is -2.20. The Balaban J connectivity index is 1.63. The average molecular weight is 410 g/mol. The molecule has 1 atom stereocenters. The molecule has 0 saturated heterocycles. The Morgan fingerprint density at radius 2 is 1.62 bits per heavy atom. The van der Waals surface area contributed by atoms with Crippen molar-refractivity contribution in [2.45, 2.75) is 39.0 Å². The summed E-state index contributed by atoms with van der Waals surface area (Å²) in [5.41, 5.74) is 3.55. The zero-order valence-electron chi connectivity index (χ0n) is 17.0. The van der Waals surface area contributed by atoms with Crippen LogP contribution in [0.2, 0.25) is 5.02 Å². The molecule has 0 aromatic heterocycles. The van der Waals surface area contributed by atoms with E-state index < -0.39 is 0 Å². The van der Waals surface area contributed by atoms with Gasteiger partial charge in [0.25, 0.3) is 0 Å². The molecular formula is C25H28ClNO2. The van der Waals surface area contributed by atoms with Gasteiger partial charge in [-0.15, -0.1) is 0 Å². The van der Waals surface area contributed by atoms with Crippen molar-refractivity contribution in [2.24, 2.45) is 0 Å². The number of methoxy groups -OCH3 is 1. The lowest BCUT2D eigenvalue weighted by Gasteiger charge is -2.19. The van der Waals surface area contributed by atoms with Crippen LogP contribution in [0.1, 0.15) is 42.5 Å². The molecule has 4 heteroatoms. The molecule has 1 N–H and O–H groups in total. The first-order chi connectivity index (χ1) is 14.2. The number of rotatable bonds is 10. The van der Waals surface area contributed by atoms with Gasteiger partial charge in [-0.25, -0.2) is 0 Å². The van der Waals surface area contributed by atoms with Crippen molar-refractivity contribution in [3.63, 3.8) is 0 Å². The van der Waals surface area contributed by atoms with E-state index in [2.05, 4.69) is 48.6 Å². The minimum atomic E-state index is 0.341. The minimum absolute atomic E-state index is 0.341. The van der Waals surface area contributed by atoms with Crippen LogP contribution in [0.5, 0.6) is 11.5 Å². The molecule has 152 valence electrons. The molecule has 3 rings (SSSR count). The van der Waals surface area contributed by atoms with Crippen molar-refractivity contribution >= 4 is 11.6 Å². The molecule has 29 heavy (non-hydrogen) atoms. The molecule has 0 aliphatic carbocycles. The maximum atomic E-state index is 5.95. The molecule has 0 bridgehead atoms. The molecule has 0 amide bonds. The van der Waals surface area contributed by atoms with Crippen LogP contribution in [-0.2, 0) is 13.2 Å². The summed E-state index contributed by atoms with van der Waals surface area (Å²) in [6.07, 6.45) is 2.23. The van der Waals surface area contributed by atoms with Gasteiger partial charge in [0.15, 0.2) is 11.5 Å². The Kier molecular flexibility index (Phi) is 7.97. The van der Waals surface area contributed by atoms with Gasteiger partial charge in [0.1, 0.15) is 6.61 Å². The molecule has 0 aliphatic rings. The summed E-state index contributed by atoms with van der Waals surface area (Å²) >= 11 is 5.94. The summed E-state index contributed by atoms with van der Waals surface area (Å²) in [6, 6.07) is 24.7. The topological polar surface area (TPSA) is 30.5 Å². The van der Waals surface area contributed by atoms with Crippen LogP contribution < -0.4 is 14.8 Å². The summed E-state index contributed by atoms with van der Waals surface area (Å²) in [4.78, 5) is 0. The van der Waals surface area contributed by atoms with Crippen molar-refractivity contribution in [1.29, 1.82) is 0 Å². The van der Waals surface area contributed by atoms with Crippen LogP contribution in [0.15, 0.2) is 72.8 Å². The third-order valence-electron chi connectivity index (χ3n) is 4.87. The standard InChI is InChI=1S/C25H28ClNO2/c1-3-7-23(21-8-5-4-6-9-21)27-17-20-12-15-24(25(16-20)28-2)29-18-19-10-13-22(26)14-11-19/h4-6,8-16,23,27H,3,7,17-18H2,1-2H3. The second-order valence-corrected chi connectivity index (χ2v) is 7.47. The number of ether oxygens (including phenoxy) is 2. The predicted molar refractivity (Wildman–Crippen MR) is 120 cm³/mol. The number of halogens is 1. The Morgan fingerprint density at radius 1 is 0.897 bits per heavy atom. The fourth-order valence-corrected chi connectivity index (χ4v) is 3.41. The quantitative estimate of drug-likeness (QED) is 0.411. The molecular weight excluding hydrogens is 382 g/mol. The van der Waals surface area contributed by atoms with Crippen molar-refractivity contribution in [3.8, 4) is 11.5 Å². The first kappa shape index (κ1) is 21.2. The molecule has 3 aromatic rings. The van der Waals surface area contributed by atoms with Gasteiger partial charge in [-0.05, 0) is 47.4 Å². The highest BCUT2D eigenvalue weighted by Crippen LogP contribution is 2.29. The lowest BCUT2D eigenvalue weighted by atomic mass is 10.0. The maximum absolute atomic E-state index is 5.95. The molecule has 0 aliphatic heterocycles. The van der Waals surface area contributed by atoms with Crippen LogP contribution in [0.25, 0.3) is 0 Å². The normalized spacial score (nSPS) is 11.8. The van der Waals surface area contributed by atoms with Gasteiger partial charge < -0.3 is 14.8 Å². The third kappa shape index (κ3) is 6.25. The molecule has 1 unspecified atom stereocenters. The van der Waals surface area contributed by atoms with E-state index in [1.807, 2.05) is 36.4 Å². The second-order valence-electron chi connectivity index (χ2n) is 7.03. The number of benzene rings is 3. The fourth-order valence-electron chi connectivity index (χ4n) is 3.28. The van der Waals surface area contributed by atoms with Crippen molar-refractivity contribution < 1.29 is 9.47 Å². The Bertz CT molecular complexity index is 881. The Morgan fingerprint density at radius 3 is 2.31 bits per heavy atom. The summed E-state index contributed by atoms with van der Waals surface area (Å²) in [5.74, 6) is 1.48. The smallest absolute Gasteiger partial charge is 0.161 e. The van der Waals surface area contributed by atoms with E-state index in [0.29, 0.717) is 12.6 Å². The van der Waals surface area contributed by atoms with Crippen LogP contribution in [0, 0.1) is 0 Å². The molecule has 3 nitrogen and oxygen atoms in total. The van der Waals surface area contributed by atoms with E-state index in [0.717, 1.165) is 47.0 Å². The van der Waals surface area contributed by atoms with E-state index in [1.54, 1.807) is 7.11 Å². The first-order valence-electron chi connectivity index (χ1n) is 10.0. The second kappa shape index (κ2) is 10.9. The number of hydrogen-bond donors (Lipinski definition) is 1. The Labute approximate surface area is 178 Å². The van der Waals surface area contributed by atoms with Gasteiger partial charge in [-0.3, -0.25) is 0 Å². The molecule has 0 saturated carbocycles. The number of nitrogens with one attached hydrogen (secondary N) is 1. The highest BCUT2D eigenvalue weighted by Gasteiger charge is 2.11. The van der Waals surface area contributed by atoms with Crippen LogP contribution in [0.3, 0.4) is 0 Å². The van der Waals surface area contributed by atoms with Gasteiger partial charge in [0, 0.05) is 17.6 Å².